The molecule has 1 saturated heterocycles. The molecule has 1 aromatic carbocycles. The Labute approximate surface area is 128 Å². The van der Waals surface area contributed by atoms with Crippen LogP contribution >= 0.6 is 0 Å². The number of likely N-dealkylation sites (tertiary alicyclic amines) is 1. The lowest BCUT2D eigenvalue weighted by atomic mass is 9.63. The van der Waals surface area contributed by atoms with E-state index in [1.54, 1.807) is 6.07 Å². The Bertz CT molecular complexity index is 690. The number of benzene rings is 1. The molecular formula is C17H17FN2O2. The van der Waals surface area contributed by atoms with Gasteiger partial charge in [0.15, 0.2) is 11.6 Å². The number of hydrogen-bond acceptors (Lipinski definition) is 3. The number of ether oxygens (including phenoxy) is 1. The smallest absolute Gasteiger partial charge is 0.229 e. The third-order valence-electron chi connectivity index (χ3n) is 5.26. The van der Waals surface area contributed by atoms with Crippen LogP contribution in [0.25, 0.3) is 0 Å². The first-order valence-corrected chi connectivity index (χ1v) is 7.67. The van der Waals surface area contributed by atoms with Gasteiger partial charge in [0.25, 0.3) is 0 Å². The minimum absolute atomic E-state index is 0.0168. The minimum atomic E-state index is -0.453. The van der Waals surface area contributed by atoms with Crippen molar-refractivity contribution in [2.24, 2.45) is 11.3 Å². The normalized spacial score (nSPS) is 35.1. The molecule has 2 aliphatic heterocycles. The van der Waals surface area contributed by atoms with Crippen molar-refractivity contribution < 1.29 is 13.9 Å². The molecule has 3 aliphatic rings. The molecular weight excluding hydrogens is 283 g/mol. The van der Waals surface area contributed by atoms with Gasteiger partial charge in [-0.05, 0) is 18.9 Å². The number of rotatable bonds is 1. The lowest BCUT2D eigenvalue weighted by Gasteiger charge is -2.43. The van der Waals surface area contributed by atoms with Crippen LogP contribution in [0, 0.1) is 28.5 Å². The average Bonchev–Trinajstić information content (AvgIpc) is 2.82. The highest BCUT2D eigenvalue weighted by atomic mass is 19.1. The van der Waals surface area contributed by atoms with Crippen LogP contribution in [0.1, 0.15) is 37.8 Å². The summed E-state index contributed by atoms with van der Waals surface area (Å²) in [6.45, 7) is 2.43. The SMILES string of the molecule is CC1(C(=O)N2C[C@@H]3C[C@H]2c2cccc(F)c2O3)CC(C#N)C1. The van der Waals surface area contributed by atoms with E-state index in [-0.39, 0.29) is 29.8 Å². The van der Waals surface area contributed by atoms with E-state index < -0.39 is 5.41 Å². The molecule has 1 aromatic rings. The molecule has 114 valence electrons. The van der Waals surface area contributed by atoms with Crippen LogP contribution in [0.4, 0.5) is 4.39 Å². The molecule has 0 N–H and O–H groups in total. The first kappa shape index (κ1) is 13.6. The van der Waals surface area contributed by atoms with Crippen molar-refractivity contribution in [1.29, 1.82) is 5.26 Å². The maximum atomic E-state index is 13.9. The van der Waals surface area contributed by atoms with Gasteiger partial charge in [-0.2, -0.15) is 5.26 Å². The fourth-order valence-corrected chi connectivity index (χ4v) is 4.12. The molecule has 2 atom stereocenters. The van der Waals surface area contributed by atoms with Gasteiger partial charge in [-0.1, -0.05) is 19.1 Å². The van der Waals surface area contributed by atoms with E-state index in [4.69, 9.17) is 10.00 Å². The summed E-state index contributed by atoms with van der Waals surface area (Å²) in [4.78, 5) is 14.8. The van der Waals surface area contributed by atoms with Crippen molar-refractivity contribution in [3.8, 4) is 11.8 Å². The van der Waals surface area contributed by atoms with Gasteiger partial charge in [0, 0.05) is 23.3 Å². The first-order chi connectivity index (χ1) is 10.5. The molecule has 2 bridgehead atoms. The Balaban J connectivity index is 1.63. The van der Waals surface area contributed by atoms with Crippen LogP contribution in [-0.4, -0.2) is 23.5 Å². The van der Waals surface area contributed by atoms with E-state index in [0.717, 1.165) is 12.0 Å². The summed E-state index contributed by atoms with van der Waals surface area (Å²) in [5.74, 6) is -0.00210. The van der Waals surface area contributed by atoms with Crippen LogP contribution in [0.5, 0.6) is 5.75 Å². The third kappa shape index (κ3) is 1.76. The lowest BCUT2D eigenvalue weighted by molar-refractivity contribution is -0.149. The van der Waals surface area contributed by atoms with Crippen molar-refractivity contribution in [1.82, 2.24) is 4.90 Å². The molecule has 0 radical (unpaired) electrons. The number of fused-ring (bicyclic) bond motifs is 4. The van der Waals surface area contributed by atoms with Gasteiger partial charge in [-0.15, -0.1) is 0 Å². The molecule has 2 fully saturated rings. The maximum Gasteiger partial charge on any atom is 0.229 e. The van der Waals surface area contributed by atoms with Gasteiger partial charge in [0.2, 0.25) is 5.91 Å². The van der Waals surface area contributed by atoms with E-state index >= 15 is 0 Å². The third-order valence-corrected chi connectivity index (χ3v) is 5.26. The molecule has 5 heteroatoms. The van der Waals surface area contributed by atoms with Crippen molar-refractivity contribution in [2.75, 3.05) is 6.54 Å². The summed E-state index contributed by atoms with van der Waals surface area (Å²) in [6.07, 6.45) is 1.83. The number of amides is 1. The van der Waals surface area contributed by atoms with Crippen molar-refractivity contribution >= 4 is 5.91 Å². The summed E-state index contributed by atoms with van der Waals surface area (Å²) < 4.78 is 19.6. The Morgan fingerprint density at radius 1 is 1.50 bits per heavy atom. The molecule has 0 spiro atoms. The zero-order valence-electron chi connectivity index (χ0n) is 12.4. The Morgan fingerprint density at radius 2 is 2.27 bits per heavy atom. The number of para-hydroxylation sites is 1. The van der Waals surface area contributed by atoms with Crippen molar-refractivity contribution in [3.63, 3.8) is 0 Å². The van der Waals surface area contributed by atoms with E-state index in [1.807, 2.05) is 17.9 Å². The molecule has 2 heterocycles. The fraction of sp³-hybridized carbons (Fsp3) is 0.529. The largest absolute Gasteiger partial charge is 0.485 e. The van der Waals surface area contributed by atoms with Gasteiger partial charge in [-0.3, -0.25) is 4.79 Å². The second kappa shape index (κ2) is 4.45. The predicted octanol–water partition coefficient (Wildman–Crippen LogP) is 2.80. The van der Waals surface area contributed by atoms with Gasteiger partial charge in [0.1, 0.15) is 6.10 Å². The van der Waals surface area contributed by atoms with Crippen LogP contribution < -0.4 is 4.74 Å². The van der Waals surface area contributed by atoms with E-state index in [1.165, 1.54) is 6.07 Å². The van der Waals surface area contributed by atoms with E-state index in [2.05, 4.69) is 6.07 Å². The molecule has 1 amide bonds. The van der Waals surface area contributed by atoms with Crippen LogP contribution in [0.2, 0.25) is 0 Å². The minimum Gasteiger partial charge on any atom is -0.485 e. The number of halogens is 1. The van der Waals surface area contributed by atoms with Crippen LogP contribution in [0.15, 0.2) is 18.2 Å². The summed E-state index contributed by atoms with van der Waals surface area (Å²) in [6, 6.07) is 7.02. The van der Waals surface area contributed by atoms with E-state index in [0.29, 0.717) is 25.1 Å². The number of hydrogen-bond donors (Lipinski definition) is 0. The number of nitrogens with zero attached hydrogens (tertiary/aromatic N) is 2. The number of carbonyl (C=O) groups excluding carboxylic acids is 1. The van der Waals surface area contributed by atoms with Crippen molar-refractivity contribution in [3.05, 3.63) is 29.6 Å². The Hall–Kier alpha value is -2.09. The zero-order chi connectivity index (χ0) is 15.5. The van der Waals surface area contributed by atoms with Crippen molar-refractivity contribution in [2.45, 2.75) is 38.3 Å². The number of nitriles is 1. The highest BCUT2D eigenvalue weighted by Crippen LogP contribution is 2.51. The van der Waals surface area contributed by atoms with E-state index in [9.17, 15) is 9.18 Å². The molecule has 22 heavy (non-hydrogen) atoms. The highest BCUT2D eigenvalue weighted by Gasteiger charge is 2.52. The molecule has 1 saturated carbocycles. The van der Waals surface area contributed by atoms with Gasteiger partial charge >= 0.3 is 0 Å². The molecule has 1 aliphatic carbocycles. The first-order valence-electron chi connectivity index (χ1n) is 7.67. The molecule has 4 nitrogen and oxygen atoms in total. The second-order valence-corrected chi connectivity index (χ2v) is 6.90. The summed E-state index contributed by atoms with van der Waals surface area (Å²) >= 11 is 0. The summed E-state index contributed by atoms with van der Waals surface area (Å²) in [5, 5.41) is 8.94. The Morgan fingerprint density at radius 3 is 3.00 bits per heavy atom. The zero-order valence-corrected chi connectivity index (χ0v) is 12.4. The van der Waals surface area contributed by atoms with Crippen LogP contribution in [0.3, 0.4) is 0 Å². The second-order valence-electron chi connectivity index (χ2n) is 6.90. The fourth-order valence-electron chi connectivity index (χ4n) is 4.12. The summed E-state index contributed by atoms with van der Waals surface area (Å²) in [7, 11) is 0. The monoisotopic (exact) mass is 300 g/mol. The van der Waals surface area contributed by atoms with Crippen LogP contribution in [-0.2, 0) is 4.79 Å². The standard InChI is InChI=1S/C17H17FN2O2/c1-17(6-10(7-17)8-19)16(21)20-9-11-5-14(20)12-3-2-4-13(18)15(12)22-11/h2-4,10-11,14H,5-7,9H2,1H3/t10?,11-,14-,17?/m0/s1. The summed E-state index contributed by atoms with van der Waals surface area (Å²) in [5.41, 5.74) is 0.313. The molecule has 0 unspecified atom stereocenters. The average molecular weight is 300 g/mol. The quantitative estimate of drug-likeness (QED) is 0.801. The maximum absolute atomic E-state index is 13.9. The molecule has 4 rings (SSSR count). The van der Waals surface area contributed by atoms with Gasteiger partial charge < -0.3 is 9.64 Å². The topological polar surface area (TPSA) is 53.3 Å². The number of carbonyl (C=O) groups is 1. The predicted molar refractivity (Wildman–Crippen MR) is 76.3 cm³/mol. The lowest BCUT2D eigenvalue weighted by Crippen LogP contribution is -2.49. The molecule has 0 aromatic heterocycles. The highest BCUT2D eigenvalue weighted by molar-refractivity contribution is 5.84. The van der Waals surface area contributed by atoms with Gasteiger partial charge in [-0.25, -0.2) is 4.39 Å². The Kier molecular flexibility index (Phi) is 2.75. The van der Waals surface area contributed by atoms with Gasteiger partial charge in [0.05, 0.1) is 18.7 Å².